The van der Waals surface area contributed by atoms with Crippen molar-refractivity contribution >= 4 is 12.0 Å². The molecule has 1 aromatic heterocycles. The highest BCUT2D eigenvalue weighted by molar-refractivity contribution is 5.75. The lowest BCUT2D eigenvalue weighted by atomic mass is 9.57. The Morgan fingerprint density at radius 1 is 1.13 bits per heavy atom. The van der Waals surface area contributed by atoms with Crippen molar-refractivity contribution in [2.45, 2.75) is 45.1 Å². The quantitative estimate of drug-likeness (QED) is 0.597. The highest BCUT2D eigenvalue weighted by Crippen LogP contribution is 2.53. The molecule has 0 bridgehead atoms. The fraction of sp³-hybridized carbons (Fsp3) is 0.462. The monoisotopic (exact) mass is 405 g/mol. The molecule has 5 unspecified atom stereocenters. The number of allylic oxidation sites excluding steroid dienone is 1. The van der Waals surface area contributed by atoms with E-state index in [0.29, 0.717) is 17.8 Å². The number of carbonyl (C=O) groups excluding carboxylic acids is 1. The molecule has 2 aliphatic carbocycles. The average Bonchev–Trinajstić information content (AvgIpc) is 3.05. The van der Waals surface area contributed by atoms with E-state index >= 15 is 0 Å². The van der Waals surface area contributed by atoms with E-state index in [1.54, 1.807) is 12.3 Å². The van der Waals surface area contributed by atoms with Gasteiger partial charge < -0.3 is 4.74 Å². The van der Waals surface area contributed by atoms with E-state index < -0.39 is 0 Å². The normalized spacial score (nSPS) is 33.2. The lowest BCUT2D eigenvalue weighted by molar-refractivity contribution is -0.144. The molecule has 2 saturated carbocycles. The van der Waals surface area contributed by atoms with E-state index in [9.17, 15) is 9.18 Å². The van der Waals surface area contributed by atoms with Gasteiger partial charge in [0.2, 0.25) is 0 Å². The number of ether oxygens (including phenoxy) is 1. The Morgan fingerprint density at radius 3 is 2.80 bits per heavy atom. The number of fused-ring (bicyclic) bond motifs is 2. The first kappa shape index (κ1) is 19.5. The van der Waals surface area contributed by atoms with Gasteiger partial charge in [0.1, 0.15) is 11.9 Å². The van der Waals surface area contributed by atoms with E-state index in [2.05, 4.69) is 24.1 Å². The molecule has 0 N–H and O–H groups in total. The van der Waals surface area contributed by atoms with E-state index in [1.807, 2.05) is 18.2 Å². The van der Waals surface area contributed by atoms with E-state index in [1.165, 1.54) is 37.8 Å². The molecule has 2 heterocycles. The number of carbonyl (C=O) groups is 1. The summed E-state index contributed by atoms with van der Waals surface area (Å²) in [6.07, 6.45) is 12.2. The topological polar surface area (TPSA) is 39.2 Å². The number of rotatable bonds is 3. The fourth-order valence-electron chi connectivity index (χ4n) is 6.14. The molecule has 156 valence electrons. The summed E-state index contributed by atoms with van der Waals surface area (Å²) in [6.45, 7) is 2.05. The summed E-state index contributed by atoms with van der Waals surface area (Å²) >= 11 is 0. The number of hydrogen-bond acceptors (Lipinski definition) is 3. The molecule has 6 atom stereocenters. The molecule has 1 saturated heterocycles. The zero-order valence-electron chi connectivity index (χ0n) is 17.3. The molecule has 3 nitrogen and oxygen atoms in total. The van der Waals surface area contributed by atoms with Gasteiger partial charge in [-0.25, -0.2) is 4.39 Å². The Bertz CT molecular complexity index is 954. The predicted octanol–water partition coefficient (Wildman–Crippen LogP) is 5.90. The molecular weight excluding hydrogens is 377 g/mol. The summed E-state index contributed by atoms with van der Waals surface area (Å²) in [5.41, 5.74) is 2.62. The molecule has 30 heavy (non-hydrogen) atoms. The number of benzene rings is 1. The van der Waals surface area contributed by atoms with Crippen LogP contribution in [0.25, 0.3) is 17.2 Å². The van der Waals surface area contributed by atoms with Crippen LogP contribution < -0.4 is 0 Å². The minimum atomic E-state index is -0.243. The van der Waals surface area contributed by atoms with Crippen LogP contribution in [-0.2, 0) is 9.53 Å². The van der Waals surface area contributed by atoms with Crippen molar-refractivity contribution in [3.8, 4) is 11.1 Å². The van der Waals surface area contributed by atoms with E-state index in [0.717, 1.165) is 23.2 Å². The first-order valence-corrected chi connectivity index (χ1v) is 11.2. The van der Waals surface area contributed by atoms with E-state index in [4.69, 9.17) is 4.74 Å². The second-order valence-corrected chi connectivity index (χ2v) is 9.19. The summed E-state index contributed by atoms with van der Waals surface area (Å²) < 4.78 is 19.1. The maximum absolute atomic E-state index is 13.5. The Hall–Kier alpha value is -2.49. The molecule has 5 rings (SSSR count). The molecule has 0 spiro atoms. The van der Waals surface area contributed by atoms with Crippen LogP contribution in [0.15, 0.2) is 48.7 Å². The van der Waals surface area contributed by atoms with Crippen LogP contribution >= 0.6 is 0 Å². The number of aromatic nitrogens is 1. The van der Waals surface area contributed by atoms with Crippen LogP contribution in [0.5, 0.6) is 0 Å². The van der Waals surface area contributed by atoms with Crippen LogP contribution in [0.4, 0.5) is 4.39 Å². The number of cyclic esters (lactones) is 1. The first-order valence-electron chi connectivity index (χ1n) is 11.2. The van der Waals surface area contributed by atoms with Gasteiger partial charge in [-0.05, 0) is 67.4 Å². The zero-order chi connectivity index (χ0) is 20.7. The summed E-state index contributed by atoms with van der Waals surface area (Å²) in [4.78, 5) is 17.0. The van der Waals surface area contributed by atoms with Gasteiger partial charge in [-0.3, -0.25) is 9.78 Å². The molecule has 0 amide bonds. The van der Waals surface area contributed by atoms with Crippen LogP contribution in [0.1, 0.15) is 44.7 Å². The average molecular weight is 406 g/mol. The van der Waals surface area contributed by atoms with E-state index in [-0.39, 0.29) is 29.7 Å². The van der Waals surface area contributed by atoms with Crippen molar-refractivity contribution < 1.29 is 13.9 Å². The smallest absolute Gasteiger partial charge is 0.309 e. The summed E-state index contributed by atoms with van der Waals surface area (Å²) in [5.74, 6) is 1.73. The van der Waals surface area contributed by atoms with Crippen molar-refractivity contribution in [3.05, 3.63) is 60.2 Å². The van der Waals surface area contributed by atoms with Crippen molar-refractivity contribution in [2.24, 2.45) is 29.6 Å². The van der Waals surface area contributed by atoms with Crippen LogP contribution in [0.2, 0.25) is 0 Å². The zero-order valence-corrected chi connectivity index (χ0v) is 17.3. The Labute approximate surface area is 177 Å². The third kappa shape index (κ3) is 3.57. The molecule has 0 radical (unpaired) electrons. The second-order valence-electron chi connectivity index (χ2n) is 9.19. The maximum atomic E-state index is 13.5. The SMILES string of the molecule is CC1OC(=O)C2CC3CCCCC3[C@H](/C=C/c3ccc(-c4cccc(F)c4)cn3)C12. The van der Waals surface area contributed by atoms with Crippen molar-refractivity contribution in [1.29, 1.82) is 0 Å². The third-order valence-corrected chi connectivity index (χ3v) is 7.51. The summed E-state index contributed by atoms with van der Waals surface area (Å²) in [6, 6.07) is 10.5. The van der Waals surface area contributed by atoms with Gasteiger partial charge in [0.05, 0.1) is 11.6 Å². The van der Waals surface area contributed by atoms with Crippen molar-refractivity contribution in [1.82, 2.24) is 4.98 Å². The van der Waals surface area contributed by atoms with Crippen LogP contribution in [0.3, 0.4) is 0 Å². The summed E-state index contributed by atoms with van der Waals surface area (Å²) in [7, 11) is 0. The van der Waals surface area contributed by atoms with Gasteiger partial charge in [0.25, 0.3) is 0 Å². The highest BCUT2D eigenvalue weighted by atomic mass is 19.1. The first-order chi connectivity index (χ1) is 14.6. The highest BCUT2D eigenvalue weighted by Gasteiger charge is 2.53. The lowest BCUT2D eigenvalue weighted by Crippen LogP contribution is -2.42. The second kappa shape index (κ2) is 7.98. The largest absolute Gasteiger partial charge is 0.462 e. The number of pyridine rings is 1. The number of halogens is 1. The minimum absolute atomic E-state index is 0.00694. The molecule has 3 fully saturated rings. The molecule has 2 aromatic rings. The molecular formula is C26H28FNO2. The Morgan fingerprint density at radius 2 is 2.00 bits per heavy atom. The lowest BCUT2D eigenvalue weighted by Gasteiger charge is -2.45. The van der Waals surface area contributed by atoms with Gasteiger partial charge in [0.15, 0.2) is 0 Å². The van der Waals surface area contributed by atoms with Crippen molar-refractivity contribution in [2.75, 3.05) is 0 Å². The molecule has 3 aliphatic rings. The maximum Gasteiger partial charge on any atom is 0.309 e. The van der Waals surface area contributed by atoms with Gasteiger partial charge in [-0.2, -0.15) is 0 Å². The van der Waals surface area contributed by atoms with Gasteiger partial charge in [-0.1, -0.05) is 43.5 Å². The molecule has 4 heteroatoms. The van der Waals surface area contributed by atoms with Gasteiger partial charge in [0, 0.05) is 17.7 Å². The Kier molecular flexibility index (Phi) is 5.18. The van der Waals surface area contributed by atoms with Crippen LogP contribution in [0, 0.1) is 35.4 Å². The van der Waals surface area contributed by atoms with Crippen LogP contribution in [-0.4, -0.2) is 17.1 Å². The van der Waals surface area contributed by atoms with Gasteiger partial charge >= 0.3 is 5.97 Å². The fourth-order valence-corrected chi connectivity index (χ4v) is 6.14. The standard InChI is InChI=1S/C26H28FNO2/c1-16-25-23(22-8-3-2-5-18(22)14-24(25)26(29)30-16)12-11-21-10-9-19(15-28-21)17-6-4-7-20(27)13-17/h4,6-7,9-13,15-16,18,22-25H,2-3,5,8,14H2,1H3/b12-11+/t16?,18?,22?,23-,24?,25?/m0/s1. The third-order valence-electron chi connectivity index (χ3n) is 7.51. The molecule has 1 aliphatic heterocycles. The number of hydrogen-bond donors (Lipinski definition) is 0. The summed E-state index contributed by atoms with van der Waals surface area (Å²) in [5, 5.41) is 0. The number of nitrogens with zero attached hydrogens (tertiary/aromatic N) is 1. The van der Waals surface area contributed by atoms with Crippen molar-refractivity contribution in [3.63, 3.8) is 0 Å². The molecule has 1 aromatic carbocycles. The Balaban J connectivity index is 1.39. The van der Waals surface area contributed by atoms with Gasteiger partial charge in [-0.15, -0.1) is 0 Å². The number of esters is 1. The minimum Gasteiger partial charge on any atom is -0.462 e. The predicted molar refractivity (Wildman–Crippen MR) is 115 cm³/mol.